The lowest BCUT2D eigenvalue weighted by atomic mass is 10.1. The van der Waals surface area contributed by atoms with Gasteiger partial charge in [-0.3, -0.25) is 9.59 Å². The van der Waals surface area contributed by atoms with Crippen LogP contribution in [0.1, 0.15) is 47.5 Å². The summed E-state index contributed by atoms with van der Waals surface area (Å²) in [6.45, 7) is 4.20. The number of amides is 1. The molecule has 1 aromatic heterocycles. The average molecular weight is 266 g/mol. The fourth-order valence-corrected chi connectivity index (χ4v) is 1.82. The van der Waals surface area contributed by atoms with Crippen LogP contribution in [0, 0.1) is 5.92 Å². The van der Waals surface area contributed by atoms with Crippen LogP contribution in [0.4, 0.5) is 0 Å². The molecule has 0 bridgehead atoms. The van der Waals surface area contributed by atoms with E-state index in [0.29, 0.717) is 17.8 Å². The van der Waals surface area contributed by atoms with Gasteiger partial charge in [-0.15, -0.1) is 0 Å². The second-order valence-corrected chi connectivity index (χ2v) is 4.97. The van der Waals surface area contributed by atoms with Gasteiger partial charge in [-0.2, -0.15) is 0 Å². The number of hydrogen-bond acceptors (Lipinski definition) is 3. The third kappa shape index (κ3) is 4.52. The third-order valence-electron chi connectivity index (χ3n) is 3.12. The lowest BCUT2D eigenvalue weighted by molar-refractivity contribution is 0.0943. The summed E-state index contributed by atoms with van der Waals surface area (Å²) in [5.74, 6) is 0.0364. The largest absolute Gasteiger partial charge is 0.396 e. The summed E-state index contributed by atoms with van der Waals surface area (Å²) < 4.78 is 1.66. The summed E-state index contributed by atoms with van der Waals surface area (Å²) in [5, 5.41) is 11.7. The van der Waals surface area contributed by atoms with Gasteiger partial charge in [0.1, 0.15) is 5.69 Å². The SMILES string of the molecule is CC(=O)c1cc(C(=O)NCCCC(C)CO)n(C)c1. The Hall–Kier alpha value is -1.62. The van der Waals surface area contributed by atoms with Gasteiger partial charge in [0, 0.05) is 32.0 Å². The van der Waals surface area contributed by atoms with E-state index < -0.39 is 0 Å². The monoisotopic (exact) mass is 266 g/mol. The summed E-state index contributed by atoms with van der Waals surface area (Å²) in [6.07, 6.45) is 3.37. The Morgan fingerprint density at radius 1 is 1.47 bits per heavy atom. The molecule has 1 unspecified atom stereocenters. The zero-order valence-electron chi connectivity index (χ0n) is 11.8. The molecule has 0 spiro atoms. The van der Waals surface area contributed by atoms with Crippen molar-refractivity contribution in [1.82, 2.24) is 9.88 Å². The molecule has 5 heteroatoms. The maximum absolute atomic E-state index is 11.9. The van der Waals surface area contributed by atoms with Crippen LogP contribution in [0.25, 0.3) is 0 Å². The van der Waals surface area contributed by atoms with Gasteiger partial charge in [-0.1, -0.05) is 6.92 Å². The molecule has 0 aliphatic carbocycles. The molecular weight excluding hydrogens is 244 g/mol. The first-order valence-corrected chi connectivity index (χ1v) is 6.52. The Kier molecular flexibility index (Phi) is 5.76. The van der Waals surface area contributed by atoms with Crippen molar-refractivity contribution in [3.8, 4) is 0 Å². The molecule has 0 saturated heterocycles. The van der Waals surface area contributed by atoms with Crippen molar-refractivity contribution in [3.63, 3.8) is 0 Å². The highest BCUT2D eigenvalue weighted by Crippen LogP contribution is 2.08. The highest BCUT2D eigenvalue weighted by molar-refractivity contribution is 5.99. The van der Waals surface area contributed by atoms with Gasteiger partial charge in [-0.05, 0) is 31.7 Å². The first kappa shape index (κ1) is 15.4. The molecule has 5 nitrogen and oxygen atoms in total. The molecule has 106 valence electrons. The normalized spacial score (nSPS) is 12.2. The topological polar surface area (TPSA) is 71.3 Å². The van der Waals surface area contributed by atoms with Crippen molar-refractivity contribution in [2.24, 2.45) is 13.0 Å². The Labute approximate surface area is 113 Å². The van der Waals surface area contributed by atoms with E-state index in [9.17, 15) is 9.59 Å². The quantitative estimate of drug-likeness (QED) is 0.578. The maximum Gasteiger partial charge on any atom is 0.267 e. The zero-order valence-corrected chi connectivity index (χ0v) is 11.8. The van der Waals surface area contributed by atoms with E-state index in [1.807, 2.05) is 6.92 Å². The predicted molar refractivity (Wildman–Crippen MR) is 73.2 cm³/mol. The number of carbonyl (C=O) groups excluding carboxylic acids is 2. The number of nitrogens with zero attached hydrogens (tertiary/aromatic N) is 1. The summed E-state index contributed by atoms with van der Waals surface area (Å²) in [5.41, 5.74) is 1.03. The standard InChI is InChI=1S/C14H22N2O3/c1-10(9-17)5-4-6-15-14(19)13-7-12(11(2)18)8-16(13)3/h7-8,10,17H,4-6,9H2,1-3H3,(H,15,19). The number of carbonyl (C=O) groups is 2. The molecule has 0 aromatic carbocycles. The van der Waals surface area contributed by atoms with Crippen LogP contribution >= 0.6 is 0 Å². The number of hydrogen-bond donors (Lipinski definition) is 2. The zero-order chi connectivity index (χ0) is 14.4. The highest BCUT2D eigenvalue weighted by atomic mass is 16.3. The molecule has 19 heavy (non-hydrogen) atoms. The maximum atomic E-state index is 11.9. The van der Waals surface area contributed by atoms with Crippen molar-refractivity contribution < 1.29 is 14.7 Å². The van der Waals surface area contributed by atoms with E-state index in [2.05, 4.69) is 5.32 Å². The van der Waals surface area contributed by atoms with Crippen molar-refractivity contribution in [3.05, 3.63) is 23.5 Å². The second-order valence-electron chi connectivity index (χ2n) is 4.97. The first-order valence-electron chi connectivity index (χ1n) is 6.52. The molecule has 1 rings (SSSR count). The minimum absolute atomic E-state index is 0.0496. The first-order chi connectivity index (χ1) is 8.95. The molecule has 1 heterocycles. The second kappa shape index (κ2) is 7.09. The fraction of sp³-hybridized carbons (Fsp3) is 0.571. The minimum Gasteiger partial charge on any atom is -0.396 e. The predicted octanol–water partition coefficient (Wildman–Crippen LogP) is 1.37. The van der Waals surface area contributed by atoms with Crippen LogP contribution < -0.4 is 5.32 Å². The van der Waals surface area contributed by atoms with Crippen LogP contribution in [0.15, 0.2) is 12.3 Å². The number of ketones is 1. The van der Waals surface area contributed by atoms with Crippen molar-refractivity contribution in [2.45, 2.75) is 26.7 Å². The van der Waals surface area contributed by atoms with Gasteiger partial charge < -0.3 is 15.0 Å². The van der Waals surface area contributed by atoms with E-state index >= 15 is 0 Å². The minimum atomic E-state index is -0.174. The molecular formula is C14H22N2O3. The number of aromatic nitrogens is 1. The lowest BCUT2D eigenvalue weighted by Crippen LogP contribution is -2.26. The smallest absolute Gasteiger partial charge is 0.267 e. The number of Topliss-reactive ketones (excluding diaryl/α,β-unsaturated/α-hetero) is 1. The molecule has 1 atom stereocenters. The Bertz CT molecular complexity index is 452. The van der Waals surface area contributed by atoms with Gasteiger partial charge in [0.2, 0.25) is 0 Å². The molecule has 0 radical (unpaired) electrons. The summed E-state index contributed by atoms with van der Waals surface area (Å²) in [4.78, 5) is 23.2. The van der Waals surface area contributed by atoms with E-state index in [1.54, 1.807) is 23.9 Å². The van der Waals surface area contributed by atoms with Crippen LogP contribution in [-0.4, -0.2) is 34.5 Å². The summed E-state index contributed by atoms with van der Waals surface area (Å²) in [6, 6.07) is 1.61. The van der Waals surface area contributed by atoms with E-state index in [1.165, 1.54) is 6.92 Å². The molecule has 0 aliphatic heterocycles. The molecule has 0 saturated carbocycles. The van der Waals surface area contributed by atoms with E-state index in [-0.39, 0.29) is 24.2 Å². The van der Waals surface area contributed by atoms with Gasteiger partial charge >= 0.3 is 0 Å². The van der Waals surface area contributed by atoms with Crippen LogP contribution in [0.5, 0.6) is 0 Å². The Morgan fingerprint density at radius 3 is 2.68 bits per heavy atom. The summed E-state index contributed by atoms with van der Waals surface area (Å²) >= 11 is 0. The number of aliphatic hydroxyl groups excluding tert-OH is 1. The average Bonchev–Trinajstić information content (AvgIpc) is 2.76. The third-order valence-corrected chi connectivity index (χ3v) is 3.12. The van der Waals surface area contributed by atoms with E-state index in [0.717, 1.165) is 12.8 Å². The Balaban J connectivity index is 2.47. The van der Waals surface area contributed by atoms with Gasteiger partial charge in [0.25, 0.3) is 5.91 Å². The number of nitrogens with one attached hydrogen (secondary N) is 1. The van der Waals surface area contributed by atoms with E-state index in [4.69, 9.17) is 5.11 Å². The highest BCUT2D eigenvalue weighted by Gasteiger charge is 2.13. The fourth-order valence-electron chi connectivity index (χ4n) is 1.82. The van der Waals surface area contributed by atoms with Crippen LogP contribution in [0.3, 0.4) is 0 Å². The number of rotatable bonds is 7. The molecule has 1 aromatic rings. The summed E-state index contributed by atoms with van der Waals surface area (Å²) in [7, 11) is 1.75. The molecule has 2 N–H and O–H groups in total. The molecule has 0 aliphatic rings. The van der Waals surface area contributed by atoms with Gasteiger partial charge in [0.05, 0.1) is 0 Å². The molecule has 1 amide bonds. The van der Waals surface area contributed by atoms with Gasteiger partial charge in [0.15, 0.2) is 5.78 Å². The van der Waals surface area contributed by atoms with Crippen molar-refractivity contribution in [1.29, 1.82) is 0 Å². The number of aliphatic hydroxyl groups is 1. The van der Waals surface area contributed by atoms with Crippen LogP contribution in [-0.2, 0) is 7.05 Å². The van der Waals surface area contributed by atoms with Crippen molar-refractivity contribution in [2.75, 3.05) is 13.2 Å². The number of aryl methyl sites for hydroxylation is 1. The Morgan fingerprint density at radius 2 is 2.16 bits per heavy atom. The molecule has 0 fully saturated rings. The van der Waals surface area contributed by atoms with Crippen LogP contribution in [0.2, 0.25) is 0 Å². The van der Waals surface area contributed by atoms with Crippen molar-refractivity contribution >= 4 is 11.7 Å². The van der Waals surface area contributed by atoms with Gasteiger partial charge in [-0.25, -0.2) is 0 Å². The lowest BCUT2D eigenvalue weighted by Gasteiger charge is -2.08.